The summed E-state index contributed by atoms with van der Waals surface area (Å²) in [5.74, 6) is 2.54. The summed E-state index contributed by atoms with van der Waals surface area (Å²) in [5, 5.41) is 11.0. The lowest BCUT2D eigenvalue weighted by molar-refractivity contribution is 0.322. The minimum absolute atomic E-state index is 0. The third-order valence-electron chi connectivity index (χ3n) is 4.58. The van der Waals surface area contributed by atoms with Crippen LogP contribution >= 0.6 is 24.0 Å². The van der Waals surface area contributed by atoms with Gasteiger partial charge in [-0.3, -0.25) is 9.56 Å². The number of rotatable bonds is 9. The molecule has 0 amide bonds. The van der Waals surface area contributed by atoms with E-state index in [1.165, 1.54) is 0 Å². The van der Waals surface area contributed by atoms with Crippen LogP contribution in [0, 0.1) is 0 Å². The van der Waals surface area contributed by atoms with Gasteiger partial charge in [-0.15, -0.1) is 24.0 Å². The normalized spacial score (nSPS) is 13.3. The molecule has 29 heavy (non-hydrogen) atoms. The summed E-state index contributed by atoms with van der Waals surface area (Å²) in [6.45, 7) is 6.07. The Morgan fingerprint density at radius 1 is 1.24 bits per heavy atom. The quantitative estimate of drug-likeness (QED) is 0.232. The fraction of sp³-hybridized carbons (Fsp3) is 0.550. The molecular formula is C20H31IN6O2. The van der Waals surface area contributed by atoms with Crippen LogP contribution in [-0.4, -0.2) is 46.5 Å². The van der Waals surface area contributed by atoms with E-state index in [-0.39, 0.29) is 29.7 Å². The molecule has 0 atom stereocenters. The smallest absolute Gasteiger partial charge is 0.345 e. The molecule has 1 aliphatic heterocycles. The first-order valence-corrected chi connectivity index (χ1v) is 10.1. The zero-order valence-electron chi connectivity index (χ0n) is 17.0. The Morgan fingerprint density at radius 2 is 2.07 bits per heavy atom. The van der Waals surface area contributed by atoms with E-state index in [1.807, 2.05) is 41.8 Å². The Balaban J connectivity index is 0.00000300. The fourth-order valence-electron chi connectivity index (χ4n) is 3.20. The largest absolute Gasteiger partial charge is 0.492 e. The highest BCUT2D eigenvalue weighted by Gasteiger charge is 2.16. The van der Waals surface area contributed by atoms with Gasteiger partial charge in [-0.2, -0.15) is 5.10 Å². The number of aromatic nitrogens is 3. The molecule has 0 saturated heterocycles. The van der Waals surface area contributed by atoms with Crippen molar-refractivity contribution in [2.24, 2.45) is 4.99 Å². The third kappa shape index (κ3) is 7.06. The molecule has 0 aliphatic carbocycles. The maximum Gasteiger partial charge on any atom is 0.345 e. The average molecular weight is 514 g/mol. The molecule has 0 radical (unpaired) electrons. The van der Waals surface area contributed by atoms with Crippen molar-refractivity contribution in [2.45, 2.75) is 45.7 Å². The van der Waals surface area contributed by atoms with E-state index < -0.39 is 0 Å². The third-order valence-corrected chi connectivity index (χ3v) is 4.58. The SMILES string of the molecule is CCNC(=NCCCn1nc2n(c1=O)CCCC2)NCCOc1ccccc1.I. The average Bonchev–Trinajstić information content (AvgIpc) is 3.05. The van der Waals surface area contributed by atoms with Gasteiger partial charge >= 0.3 is 5.69 Å². The van der Waals surface area contributed by atoms with Crippen LogP contribution in [0.15, 0.2) is 40.1 Å². The van der Waals surface area contributed by atoms with Gasteiger partial charge in [-0.25, -0.2) is 9.48 Å². The molecule has 2 N–H and O–H groups in total. The highest BCUT2D eigenvalue weighted by molar-refractivity contribution is 14.0. The van der Waals surface area contributed by atoms with Crippen molar-refractivity contribution in [3.05, 3.63) is 46.6 Å². The van der Waals surface area contributed by atoms with Crippen molar-refractivity contribution in [2.75, 3.05) is 26.2 Å². The van der Waals surface area contributed by atoms with Crippen LogP contribution in [0.4, 0.5) is 0 Å². The number of hydrogen-bond acceptors (Lipinski definition) is 4. The number of guanidine groups is 1. The van der Waals surface area contributed by atoms with Gasteiger partial charge in [0.15, 0.2) is 5.96 Å². The molecule has 160 valence electrons. The number of fused-ring (bicyclic) bond motifs is 1. The number of nitrogens with zero attached hydrogens (tertiary/aromatic N) is 4. The van der Waals surface area contributed by atoms with Crippen molar-refractivity contribution in [1.82, 2.24) is 25.0 Å². The first-order chi connectivity index (χ1) is 13.8. The number of para-hydroxylation sites is 1. The van der Waals surface area contributed by atoms with Crippen LogP contribution in [-0.2, 0) is 19.5 Å². The fourth-order valence-corrected chi connectivity index (χ4v) is 3.20. The Hall–Kier alpha value is -2.04. The van der Waals surface area contributed by atoms with Crippen LogP contribution in [0.2, 0.25) is 0 Å². The van der Waals surface area contributed by atoms with Crippen molar-refractivity contribution in [3.8, 4) is 5.75 Å². The molecule has 0 unspecified atom stereocenters. The number of halogens is 1. The first-order valence-electron chi connectivity index (χ1n) is 10.1. The highest BCUT2D eigenvalue weighted by atomic mass is 127. The number of aryl methyl sites for hydroxylation is 2. The predicted octanol–water partition coefficient (Wildman–Crippen LogP) is 2.02. The second-order valence-electron chi connectivity index (χ2n) is 6.73. The van der Waals surface area contributed by atoms with Gasteiger partial charge in [0.2, 0.25) is 0 Å². The molecule has 1 aromatic carbocycles. The van der Waals surface area contributed by atoms with E-state index in [9.17, 15) is 4.79 Å². The lowest BCUT2D eigenvalue weighted by Crippen LogP contribution is -2.39. The zero-order chi connectivity index (χ0) is 19.6. The van der Waals surface area contributed by atoms with Crippen molar-refractivity contribution in [1.29, 1.82) is 0 Å². The predicted molar refractivity (Wildman–Crippen MR) is 125 cm³/mol. The number of ether oxygens (including phenoxy) is 1. The van der Waals surface area contributed by atoms with Crippen LogP contribution in [0.1, 0.15) is 32.0 Å². The van der Waals surface area contributed by atoms with Gasteiger partial charge in [0, 0.05) is 32.6 Å². The van der Waals surface area contributed by atoms with Gasteiger partial charge in [-0.05, 0) is 38.3 Å². The van der Waals surface area contributed by atoms with E-state index in [2.05, 4.69) is 20.7 Å². The topological polar surface area (TPSA) is 85.5 Å². The Labute approximate surface area is 188 Å². The summed E-state index contributed by atoms with van der Waals surface area (Å²) in [6.07, 6.45) is 3.86. The molecule has 0 bridgehead atoms. The molecule has 2 heterocycles. The molecule has 1 aliphatic rings. The Morgan fingerprint density at radius 3 is 2.83 bits per heavy atom. The molecule has 3 rings (SSSR count). The molecule has 8 nitrogen and oxygen atoms in total. The Kier molecular flexibility index (Phi) is 10.0. The van der Waals surface area contributed by atoms with Gasteiger partial charge < -0.3 is 15.4 Å². The molecule has 0 saturated carbocycles. The standard InChI is InChI=1S/C20H30N6O2.HI/c1-2-21-19(23-13-16-28-17-9-4-3-5-10-17)22-12-8-15-26-20(27)25-14-7-6-11-18(25)24-26;/h3-5,9-10H,2,6-8,11-16H2,1H3,(H2,21,22,23);1H. The lowest BCUT2D eigenvalue weighted by atomic mass is 10.2. The number of hydrogen-bond donors (Lipinski definition) is 2. The first kappa shape index (κ1) is 23.2. The molecule has 2 aromatic rings. The monoisotopic (exact) mass is 514 g/mol. The lowest BCUT2D eigenvalue weighted by Gasteiger charge is -2.12. The van der Waals surface area contributed by atoms with Crippen LogP contribution in [0.5, 0.6) is 5.75 Å². The van der Waals surface area contributed by atoms with Gasteiger partial charge in [-0.1, -0.05) is 18.2 Å². The maximum atomic E-state index is 12.3. The molecule has 9 heteroatoms. The van der Waals surface area contributed by atoms with Crippen molar-refractivity contribution >= 4 is 29.9 Å². The number of aliphatic imine (C=N–C) groups is 1. The number of benzene rings is 1. The highest BCUT2D eigenvalue weighted by Crippen LogP contribution is 2.09. The van der Waals surface area contributed by atoms with E-state index in [0.29, 0.717) is 26.2 Å². The minimum atomic E-state index is 0. The van der Waals surface area contributed by atoms with Crippen LogP contribution in [0.3, 0.4) is 0 Å². The summed E-state index contributed by atoms with van der Waals surface area (Å²) in [5.41, 5.74) is 0.0155. The summed E-state index contributed by atoms with van der Waals surface area (Å²) in [4.78, 5) is 16.9. The van der Waals surface area contributed by atoms with Gasteiger partial charge in [0.1, 0.15) is 18.2 Å². The summed E-state index contributed by atoms with van der Waals surface area (Å²) < 4.78 is 9.08. The van der Waals surface area contributed by atoms with Crippen LogP contribution < -0.4 is 21.1 Å². The van der Waals surface area contributed by atoms with Crippen molar-refractivity contribution < 1.29 is 4.74 Å². The molecule has 1 aromatic heterocycles. The second kappa shape index (κ2) is 12.5. The van der Waals surface area contributed by atoms with E-state index >= 15 is 0 Å². The Bertz CT molecular complexity index is 818. The molecule has 0 spiro atoms. The van der Waals surface area contributed by atoms with Crippen LogP contribution in [0.25, 0.3) is 0 Å². The van der Waals surface area contributed by atoms with E-state index in [4.69, 9.17) is 4.74 Å². The van der Waals surface area contributed by atoms with E-state index in [0.717, 1.165) is 56.3 Å². The number of nitrogens with one attached hydrogen (secondary N) is 2. The van der Waals surface area contributed by atoms with E-state index in [1.54, 1.807) is 4.68 Å². The summed E-state index contributed by atoms with van der Waals surface area (Å²) in [6, 6.07) is 9.75. The molecular weight excluding hydrogens is 483 g/mol. The summed E-state index contributed by atoms with van der Waals surface area (Å²) >= 11 is 0. The second-order valence-corrected chi connectivity index (χ2v) is 6.73. The van der Waals surface area contributed by atoms with Gasteiger partial charge in [0.05, 0.1) is 6.54 Å². The minimum Gasteiger partial charge on any atom is -0.492 e. The zero-order valence-corrected chi connectivity index (χ0v) is 19.3. The molecule has 0 fully saturated rings. The maximum absolute atomic E-state index is 12.3. The van der Waals surface area contributed by atoms with Crippen molar-refractivity contribution in [3.63, 3.8) is 0 Å². The van der Waals surface area contributed by atoms with Gasteiger partial charge in [0.25, 0.3) is 0 Å². The summed E-state index contributed by atoms with van der Waals surface area (Å²) in [7, 11) is 0.